The largest absolute Gasteiger partial charge is 0.337 e. The van der Waals surface area contributed by atoms with Crippen molar-refractivity contribution in [3.8, 4) is 0 Å². The van der Waals surface area contributed by atoms with Gasteiger partial charge in [-0.1, -0.05) is 6.92 Å². The van der Waals surface area contributed by atoms with Crippen LogP contribution in [0.1, 0.15) is 67.2 Å². The molecule has 2 amide bonds. The van der Waals surface area contributed by atoms with Crippen LogP contribution in [0.15, 0.2) is 0 Å². The molecule has 5 heteroatoms. The van der Waals surface area contributed by atoms with Crippen LogP contribution < -0.4 is 16.0 Å². The molecule has 0 aromatic heterocycles. The monoisotopic (exact) mass is 338 g/mol. The number of urea groups is 1. The van der Waals surface area contributed by atoms with Crippen LogP contribution in [0.5, 0.6) is 0 Å². The Hall–Kier alpha value is -0.810. The smallest absolute Gasteiger partial charge is 0.315 e. The van der Waals surface area contributed by atoms with Crippen LogP contribution in [-0.2, 0) is 0 Å². The van der Waals surface area contributed by atoms with Crippen LogP contribution >= 0.6 is 0 Å². The normalized spacial score (nSPS) is 26.8. The SMILES string of the molecule is CC1CCN(C(C)CNC(=O)NC2CC(C)(C)NC(C)(C)C2)CC1. The lowest BCUT2D eigenvalue weighted by molar-refractivity contribution is 0.139. The van der Waals surface area contributed by atoms with Crippen molar-refractivity contribution in [2.45, 2.75) is 90.4 Å². The first-order chi connectivity index (χ1) is 11.1. The fraction of sp³-hybridized carbons (Fsp3) is 0.947. The van der Waals surface area contributed by atoms with E-state index in [0.29, 0.717) is 6.04 Å². The molecule has 1 atom stereocenters. The van der Waals surface area contributed by atoms with Gasteiger partial charge in [-0.15, -0.1) is 0 Å². The van der Waals surface area contributed by atoms with Gasteiger partial charge < -0.3 is 16.0 Å². The van der Waals surface area contributed by atoms with E-state index < -0.39 is 0 Å². The average Bonchev–Trinajstić information content (AvgIpc) is 2.42. The van der Waals surface area contributed by atoms with Crippen molar-refractivity contribution in [3.63, 3.8) is 0 Å². The zero-order valence-corrected chi connectivity index (χ0v) is 16.5. The first-order valence-electron chi connectivity index (χ1n) is 9.64. The predicted molar refractivity (Wildman–Crippen MR) is 100 cm³/mol. The van der Waals surface area contributed by atoms with Crippen molar-refractivity contribution in [2.24, 2.45) is 5.92 Å². The second-order valence-electron chi connectivity index (χ2n) is 9.42. The molecule has 3 N–H and O–H groups in total. The topological polar surface area (TPSA) is 56.4 Å². The Morgan fingerprint density at radius 2 is 1.71 bits per heavy atom. The summed E-state index contributed by atoms with van der Waals surface area (Å²) in [6, 6.07) is 0.609. The van der Waals surface area contributed by atoms with Gasteiger partial charge in [0.25, 0.3) is 0 Å². The maximum atomic E-state index is 12.3. The molecule has 1 unspecified atom stereocenters. The van der Waals surface area contributed by atoms with Crippen molar-refractivity contribution >= 4 is 6.03 Å². The molecular weight excluding hydrogens is 300 g/mol. The second-order valence-corrected chi connectivity index (χ2v) is 9.42. The molecule has 5 nitrogen and oxygen atoms in total. The summed E-state index contributed by atoms with van der Waals surface area (Å²) in [7, 11) is 0. The maximum absolute atomic E-state index is 12.3. The Labute approximate surface area is 148 Å². The lowest BCUT2D eigenvalue weighted by atomic mass is 9.80. The van der Waals surface area contributed by atoms with Crippen LogP contribution in [0.4, 0.5) is 4.79 Å². The molecule has 0 aromatic carbocycles. The van der Waals surface area contributed by atoms with Crippen LogP contribution in [0, 0.1) is 5.92 Å². The van der Waals surface area contributed by atoms with Gasteiger partial charge in [-0.3, -0.25) is 4.90 Å². The minimum absolute atomic E-state index is 0.0225. The number of rotatable bonds is 4. The average molecular weight is 339 g/mol. The highest BCUT2D eigenvalue weighted by Gasteiger charge is 2.38. The van der Waals surface area contributed by atoms with Crippen LogP contribution in [0.2, 0.25) is 0 Å². The van der Waals surface area contributed by atoms with Crippen molar-refractivity contribution in [1.29, 1.82) is 0 Å². The van der Waals surface area contributed by atoms with Gasteiger partial charge in [0, 0.05) is 29.7 Å². The van der Waals surface area contributed by atoms with Gasteiger partial charge >= 0.3 is 6.03 Å². The van der Waals surface area contributed by atoms with Crippen LogP contribution in [0.3, 0.4) is 0 Å². The second kappa shape index (κ2) is 7.61. The number of hydrogen-bond donors (Lipinski definition) is 3. The highest BCUT2D eigenvalue weighted by atomic mass is 16.2. The minimum Gasteiger partial charge on any atom is -0.337 e. The summed E-state index contributed by atoms with van der Waals surface area (Å²) in [6.07, 6.45) is 4.47. The number of nitrogens with one attached hydrogen (secondary N) is 3. The van der Waals surface area contributed by atoms with E-state index in [-0.39, 0.29) is 23.2 Å². The minimum atomic E-state index is -0.0225. The summed E-state index contributed by atoms with van der Waals surface area (Å²) in [4.78, 5) is 14.8. The number of carbonyl (C=O) groups excluding carboxylic acids is 1. The van der Waals surface area contributed by atoms with E-state index in [9.17, 15) is 4.79 Å². The van der Waals surface area contributed by atoms with E-state index in [1.807, 2.05) is 0 Å². The number of nitrogens with zero attached hydrogens (tertiary/aromatic N) is 1. The number of piperidine rings is 2. The fourth-order valence-corrected chi connectivity index (χ4v) is 4.50. The molecule has 2 aliphatic heterocycles. The molecule has 2 fully saturated rings. The van der Waals surface area contributed by atoms with Gasteiger partial charge in [0.2, 0.25) is 0 Å². The standard InChI is InChI=1S/C19H38N4O/c1-14-7-9-23(10-8-14)15(2)13-20-17(24)21-16-11-18(3,4)22-19(5,6)12-16/h14-16,22H,7-13H2,1-6H3,(H2,20,21,24). The Morgan fingerprint density at radius 1 is 1.17 bits per heavy atom. The zero-order valence-electron chi connectivity index (χ0n) is 16.5. The van der Waals surface area contributed by atoms with E-state index in [1.165, 1.54) is 12.8 Å². The van der Waals surface area contributed by atoms with Crippen molar-refractivity contribution in [3.05, 3.63) is 0 Å². The van der Waals surface area contributed by atoms with Gasteiger partial charge in [0.05, 0.1) is 0 Å². The Morgan fingerprint density at radius 3 is 2.25 bits per heavy atom. The molecular formula is C19H38N4O. The van der Waals surface area contributed by atoms with E-state index in [1.54, 1.807) is 0 Å². The van der Waals surface area contributed by atoms with Gasteiger partial charge in [0.1, 0.15) is 0 Å². The van der Waals surface area contributed by atoms with Crippen molar-refractivity contribution in [2.75, 3.05) is 19.6 Å². The lowest BCUT2D eigenvalue weighted by Crippen LogP contribution is -2.63. The molecule has 0 aromatic rings. The Bertz CT molecular complexity index is 411. The molecule has 140 valence electrons. The van der Waals surface area contributed by atoms with E-state index in [0.717, 1.165) is 38.4 Å². The molecule has 0 radical (unpaired) electrons. The third-order valence-electron chi connectivity index (χ3n) is 5.53. The van der Waals surface area contributed by atoms with Crippen molar-refractivity contribution in [1.82, 2.24) is 20.9 Å². The third-order valence-corrected chi connectivity index (χ3v) is 5.53. The van der Waals surface area contributed by atoms with Gasteiger partial charge in [-0.05, 0) is 79.3 Å². The molecule has 0 bridgehead atoms. The maximum Gasteiger partial charge on any atom is 0.315 e. The summed E-state index contributed by atoms with van der Waals surface area (Å²) >= 11 is 0. The van der Waals surface area contributed by atoms with Crippen LogP contribution in [0.25, 0.3) is 0 Å². The van der Waals surface area contributed by atoms with Gasteiger partial charge in [0.15, 0.2) is 0 Å². The molecule has 0 saturated carbocycles. The number of amides is 2. The third kappa shape index (κ3) is 5.92. The lowest BCUT2D eigenvalue weighted by Gasteiger charge is -2.46. The molecule has 2 heterocycles. The molecule has 2 saturated heterocycles. The summed E-state index contributed by atoms with van der Waals surface area (Å²) in [5.74, 6) is 0.844. The highest BCUT2D eigenvalue weighted by Crippen LogP contribution is 2.28. The summed E-state index contributed by atoms with van der Waals surface area (Å²) in [5.41, 5.74) is 0.106. The predicted octanol–water partition coefficient (Wildman–Crippen LogP) is 2.72. The van der Waals surface area contributed by atoms with Gasteiger partial charge in [-0.2, -0.15) is 0 Å². The van der Waals surface area contributed by atoms with E-state index in [2.05, 4.69) is 62.4 Å². The fourth-order valence-electron chi connectivity index (χ4n) is 4.50. The summed E-state index contributed by atoms with van der Waals surface area (Å²) in [5, 5.41) is 9.92. The Kier molecular flexibility index (Phi) is 6.19. The number of hydrogen-bond acceptors (Lipinski definition) is 3. The highest BCUT2D eigenvalue weighted by molar-refractivity contribution is 5.74. The molecule has 0 spiro atoms. The van der Waals surface area contributed by atoms with Crippen LogP contribution in [-0.4, -0.2) is 53.7 Å². The van der Waals surface area contributed by atoms with Gasteiger partial charge in [-0.25, -0.2) is 4.79 Å². The Balaban J connectivity index is 1.74. The zero-order chi connectivity index (χ0) is 18.0. The molecule has 2 aliphatic rings. The molecule has 2 rings (SSSR count). The van der Waals surface area contributed by atoms with E-state index >= 15 is 0 Å². The number of likely N-dealkylation sites (tertiary alicyclic amines) is 1. The van der Waals surface area contributed by atoms with Crippen molar-refractivity contribution < 1.29 is 4.79 Å². The molecule has 24 heavy (non-hydrogen) atoms. The summed E-state index contributed by atoms with van der Waals surface area (Å²) < 4.78 is 0. The first-order valence-corrected chi connectivity index (χ1v) is 9.64. The van der Waals surface area contributed by atoms with E-state index in [4.69, 9.17) is 0 Å². The molecule has 0 aliphatic carbocycles. The summed E-state index contributed by atoms with van der Waals surface area (Å²) in [6.45, 7) is 16.4. The first kappa shape index (κ1) is 19.5. The quantitative estimate of drug-likeness (QED) is 0.739. The number of carbonyl (C=O) groups is 1.